The van der Waals surface area contributed by atoms with E-state index >= 15 is 0 Å². The van der Waals surface area contributed by atoms with Crippen LogP contribution in [-0.2, 0) is 4.74 Å². The van der Waals surface area contributed by atoms with Crippen LogP contribution in [0.4, 0.5) is 4.79 Å². The molecule has 3 fully saturated rings. The third-order valence-electron chi connectivity index (χ3n) is 6.74. The normalized spacial score (nSPS) is 25.2. The van der Waals surface area contributed by atoms with E-state index in [1.165, 1.54) is 12.8 Å². The molecule has 0 aromatic carbocycles. The Morgan fingerprint density at radius 2 is 1.84 bits per heavy atom. The highest BCUT2D eigenvalue weighted by Crippen LogP contribution is 2.31. The van der Waals surface area contributed by atoms with Crippen molar-refractivity contribution in [2.24, 2.45) is 5.92 Å². The van der Waals surface area contributed by atoms with Crippen molar-refractivity contribution in [3.05, 3.63) is 11.4 Å². The third kappa shape index (κ3) is 5.62. The van der Waals surface area contributed by atoms with Crippen LogP contribution in [0.3, 0.4) is 0 Å². The van der Waals surface area contributed by atoms with E-state index in [0.717, 1.165) is 38.9 Å². The number of carbonyl (C=O) groups is 1. The fraction of sp³-hybridized carbons (Fsp3) is 0.783. The number of carbonyl (C=O) groups excluding carboxylic acids is 1. The molecule has 31 heavy (non-hydrogen) atoms. The zero-order chi connectivity index (χ0) is 22.6. The van der Waals surface area contributed by atoms with Gasteiger partial charge in [-0.25, -0.2) is 4.79 Å². The quantitative estimate of drug-likeness (QED) is 0.688. The number of ether oxygens (including phenoxy) is 1. The van der Waals surface area contributed by atoms with Gasteiger partial charge in [0.15, 0.2) is 5.57 Å². The molecule has 2 atom stereocenters. The van der Waals surface area contributed by atoms with Crippen molar-refractivity contribution in [1.29, 1.82) is 10.5 Å². The monoisotopic (exact) mass is 428 g/mol. The molecule has 170 valence electrons. The standard InChI is InChI=1S/C23H36N6O2/c1-23(2,3)31-22(30)28-11-7-17(8-12-28)20-16-26-21(18(14-24)15-25)29(20)13-9-19-6-5-10-27(19)4/h17,19-20,26H,5-13,16H2,1-4H3. The Hall–Kier alpha value is -2.45. The number of likely N-dealkylation sites (tertiary alicyclic amines) is 2. The summed E-state index contributed by atoms with van der Waals surface area (Å²) in [5.41, 5.74) is -0.327. The molecule has 0 aromatic heterocycles. The van der Waals surface area contributed by atoms with E-state index < -0.39 is 5.60 Å². The molecule has 8 nitrogen and oxygen atoms in total. The van der Waals surface area contributed by atoms with E-state index in [0.29, 0.717) is 30.9 Å². The van der Waals surface area contributed by atoms with E-state index in [-0.39, 0.29) is 17.7 Å². The second-order valence-corrected chi connectivity index (χ2v) is 9.96. The Labute approximate surface area is 186 Å². The number of nitrogens with zero attached hydrogens (tertiary/aromatic N) is 5. The zero-order valence-electron chi connectivity index (χ0n) is 19.4. The van der Waals surface area contributed by atoms with Crippen molar-refractivity contribution < 1.29 is 9.53 Å². The fourth-order valence-corrected chi connectivity index (χ4v) is 5.07. The largest absolute Gasteiger partial charge is 0.444 e. The summed E-state index contributed by atoms with van der Waals surface area (Å²) >= 11 is 0. The van der Waals surface area contributed by atoms with Crippen molar-refractivity contribution in [2.75, 3.05) is 39.8 Å². The molecule has 0 aromatic rings. The van der Waals surface area contributed by atoms with Crippen molar-refractivity contribution in [2.45, 2.75) is 70.6 Å². The number of nitriles is 2. The molecule has 2 unspecified atom stereocenters. The predicted octanol–water partition coefficient (Wildman–Crippen LogP) is 2.65. The van der Waals surface area contributed by atoms with Crippen LogP contribution in [0.25, 0.3) is 0 Å². The highest BCUT2D eigenvalue weighted by Gasteiger charge is 2.39. The molecule has 3 rings (SSSR count). The summed E-state index contributed by atoms with van der Waals surface area (Å²) in [5, 5.41) is 22.2. The Balaban J connectivity index is 1.66. The lowest BCUT2D eigenvalue weighted by Crippen LogP contribution is -2.47. The average molecular weight is 429 g/mol. The molecular formula is C23H36N6O2. The van der Waals surface area contributed by atoms with Crippen LogP contribution in [-0.4, -0.2) is 78.2 Å². The number of nitrogens with one attached hydrogen (secondary N) is 1. The van der Waals surface area contributed by atoms with Crippen molar-refractivity contribution in [3.8, 4) is 12.1 Å². The van der Waals surface area contributed by atoms with Gasteiger partial charge in [-0.1, -0.05) is 0 Å². The number of rotatable bonds is 4. The second kappa shape index (κ2) is 9.78. The first-order chi connectivity index (χ1) is 14.7. The first kappa shape index (κ1) is 23.2. The SMILES string of the molecule is CN1CCCC1CCN1C(=C(C#N)C#N)NCC1C1CCN(C(=O)OC(C)(C)C)CC1. The molecule has 3 saturated heterocycles. The van der Waals surface area contributed by atoms with Gasteiger partial charge in [0.05, 0.1) is 6.04 Å². The highest BCUT2D eigenvalue weighted by atomic mass is 16.6. The lowest BCUT2D eigenvalue weighted by atomic mass is 9.89. The van der Waals surface area contributed by atoms with E-state index in [9.17, 15) is 15.3 Å². The molecule has 0 saturated carbocycles. The molecule has 0 radical (unpaired) electrons. The van der Waals surface area contributed by atoms with Crippen LogP contribution < -0.4 is 5.32 Å². The summed E-state index contributed by atoms with van der Waals surface area (Å²) in [6.45, 7) is 9.72. The van der Waals surface area contributed by atoms with Crippen LogP contribution in [0.15, 0.2) is 11.4 Å². The maximum absolute atomic E-state index is 12.4. The molecule has 0 bridgehead atoms. The van der Waals surface area contributed by atoms with Crippen LogP contribution in [0.5, 0.6) is 0 Å². The van der Waals surface area contributed by atoms with E-state index in [1.54, 1.807) is 4.90 Å². The second-order valence-electron chi connectivity index (χ2n) is 9.96. The maximum atomic E-state index is 12.4. The Bertz CT molecular complexity index is 750. The van der Waals surface area contributed by atoms with Gasteiger partial charge in [0.25, 0.3) is 0 Å². The van der Waals surface area contributed by atoms with Crippen molar-refractivity contribution in [3.63, 3.8) is 0 Å². The molecule has 0 aliphatic carbocycles. The predicted molar refractivity (Wildman–Crippen MR) is 118 cm³/mol. The topological polar surface area (TPSA) is 95.6 Å². The lowest BCUT2D eigenvalue weighted by molar-refractivity contribution is 0.0152. The van der Waals surface area contributed by atoms with Gasteiger partial charge >= 0.3 is 6.09 Å². The van der Waals surface area contributed by atoms with Crippen molar-refractivity contribution >= 4 is 6.09 Å². The summed E-state index contributed by atoms with van der Waals surface area (Å²) in [6, 6.07) is 4.92. The Morgan fingerprint density at radius 3 is 2.39 bits per heavy atom. The maximum Gasteiger partial charge on any atom is 0.410 e. The number of allylic oxidation sites excluding steroid dienone is 1. The minimum Gasteiger partial charge on any atom is -0.444 e. The molecule has 8 heteroatoms. The third-order valence-corrected chi connectivity index (χ3v) is 6.74. The summed E-state index contributed by atoms with van der Waals surface area (Å²) in [6.07, 6.45) is 5.02. The zero-order valence-corrected chi connectivity index (χ0v) is 19.4. The summed E-state index contributed by atoms with van der Waals surface area (Å²) in [5.74, 6) is 1.09. The molecule has 0 spiro atoms. The lowest BCUT2D eigenvalue weighted by Gasteiger charge is -2.39. The van der Waals surface area contributed by atoms with Gasteiger partial charge in [0.1, 0.15) is 23.6 Å². The van der Waals surface area contributed by atoms with Gasteiger partial charge in [-0.05, 0) is 72.4 Å². The first-order valence-electron chi connectivity index (χ1n) is 11.5. The van der Waals surface area contributed by atoms with E-state index in [2.05, 4.69) is 34.3 Å². The fourth-order valence-electron chi connectivity index (χ4n) is 5.07. The highest BCUT2D eigenvalue weighted by molar-refractivity contribution is 5.68. The van der Waals surface area contributed by atoms with E-state index in [1.807, 2.05) is 20.8 Å². The Morgan fingerprint density at radius 1 is 1.16 bits per heavy atom. The number of hydrogen-bond donors (Lipinski definition) is 1. The first-order valence-corrected chi connectivity index (χ1v) is 11.5. The molecule has 3 heterocycles. The minimum absolute atomic E-state index is 0.161. The van der Waals surface area contributed by atoms with Gasteiger partial charge in [0.2, 0.25) is 0 Å². The van der Waals surface area contributed by atoms with Crippen LogP contribution in [0.1, 0.15) is 52.9 Å². The Kier molecular flexibility index (Phi) is 7.33. The van der Waals surface area contributed by atoms with Gasteiger partial charge < -0.3 is 24.8 Å². The molecule has 3 aliphatic heterocycles. The van der Waals surface area contributed by atoms with Crippen LogP contribution in [0, 0.1) is 28.6 Å². The average Bonchev–Trinajstić information content (AvgIpc) is 3.32. The summed E-state index contributed by atoms with van der Waals surface area (Å²) in [7, 11) is 2.18. The van der Waals surface area contributed by atoms with Gasteiger partial charge in [-0.15, -0.1) is 0 Å². The molecule has 1 amide bonds. The number of piperidine rings is 1. The van der Waals surface area contributed by atoms with E-state index in [4.69, 9.17) is 4.74 Å². The smallest absolute Gasteiger partial charge is 0.410 e. The number of hydrogen-bond acceptors (Lipinski definition) is 7. The minimum atomic E-state index is -0.488. The van der Waals surface area contributed by atoms with Crippen LogP contribution >= 0.6 is 0 Å². The van der Waals surface area contributed by atoms with Gasteiger partial charge in [-0.2, -0.15) is 10.5 Å². The summed E-state index contributed by atoms with van der Waals surface area (Å²) in [4.78, 5) is 18.9. The summed E-state index contributed by atoms with van der Waals surface area (Å²) < 4.78 is 5.52. The van der Waals surface area contributed by atoms with Crippen molar-refractivity contribution in [1.82, 2.24) is 20.0 Å². The van der Waals surface area contributed by atoms with Gasteiger partial charge in [0, 0.05) is 32.2 Å². The van der Waals surface area contributed by atoms with Crippen LogP contribution in [0.2, 0.25) is 0 Å². The molecule has 3 aliphatic rings. The molecule has 1 N–H and O–H groups in total. The molecular weight excluding hydrogens is 392 g/mol. The van der Waals surface area contributed by atoms with Gasteiger partial charge in [-0.3, -0.25) is 0 Å². The number of amides is 1.